The van der Waals surface area contributed by atoms with Crippen LogP contribution in [-0.4, -0.2) is 39.4 Å². The molecule has 0 aliphatic carbocycles. The zero-order valence-corrected chi connectivity index (χ0v) is 9.63. The summed E-state index contributed by atoms with van der Waals surface area (Å²) in [6.07, 6.45) is 5.86. The normalized spacial score (nSPS) is 10.1. The van der Waals surface area contributed by atoms with Gasteiger partial charge in [0.1, 0.15) is 0 Å². The minimum Gasteiger partial charge on any atom is -0.381 e. The lowest BCUT2D eigenvalue weighted by Gasteiger charge is -2.05. The second-order valence-electron chi connectivity index (χ2n) is 3.31. The van der Waals surface area contributed by atoms with E-state index in [-0.39, 0.29) is 0 Å². The highest BCUT2D eigenvalue weighted by Crippen LogP contribution is 1.84. The molecule has 0 aliphatic heterocycles. The zero-order valence-electron chi connectivity index (χ0n) is 9.63. The van der Waals surface area contributed by atoms with Crippen molar-refractivity contribution in [1.29, 1.82) is 0 Å². The lowest BCUT2D eigenvalue weighted by molar-refractivity contribution is 0.129. The van der Waals surface area contributed by atoms with Gasteiger partial charge in [-0.05, 0) is 25.9 Å². The SMILES string of the molecule is C=CCNCCCOCCCNCC=C. The van der Waals surface area contributed by atoms with Crippen LogP contribution in [0.4, 0.5) is 0 Å². The molecule has 0 atom stereocenters. The minimum atomic E-state index is 0.839. The molecule has 0 spiro atoms. The Hall–Kier alpha value is -0.640. The molecular formula is C12H24N2O. The molecule has 0 unspecified atom stereocenters. The first kappa shape index (κ1) is 14.4. The van der Waals surface area contributed by atoms with Crippen LogP contribution in [0.5, 0.6) is 0 Å². The van der Waals surface area contributed by atoms with E-state index in [0.29, 0.717) is 0 Å². The maximum Gasteiger partial charge on any atom is 0.0478 e. The predicted octanol–water partition coefficient (Wildman–Crippen LogP) is 1.33. The lowest BCUT2D eigenvalue weighted by atomic mass is 10.4. The van der Waals surface area contributed by atoms with Gasteiger partial charge in [-0.1, -0.05) is 12.2 Å². The van der Waals surface area contributed by atoms with Crippen molar-refractivity contribution in [2.24, 2.45) is 0 Å². The highest BCUT2D eigenvalue weighted by atomic mass is 16.5. The molecule has 0 saturated heterocycles. The molecule has 88 valence electrons. The van der Waals surface area contributed by atoms with Crippen LogP contribution in [0.3, 0.4) is 0 Å². The molecular weight excluding hydrogens is 188 g/mol. The van der Waals surface area contributed by atoms with Gasteiger partial charge in [0.15, 0.2) is 0 Å². The lowest BCUT2D eigenvalue weighted by Crippen LogP contribution is -2.18. The first-order valence-electron chi connectivity index (χ1n) is 5.62. The molecule has 0 aliphatic rings. The number of rotatable bonds is 12. The predicted molar refractivity (Wildman–Crippen MR) is 66.2 cm³/mol. The Balaban J connectivity index is 2.86. The van der Waals surface area contributed by atoms with Crippen molar-refractivity contribution < 1.29 is 4.74 Å². The largest absolute Gasteiger partial charge is 0.381 e. The van der Waals surface area contributed by atoms with Crippen molar-refractivity contribution >= 4 is 0 Å². The molecule has 2 N–H and O–H groups in total. The number of ether oxygens (including phenoxy) is 1. The summed E-state index contributed by atoms with van der Waals surface area (Å²) in [5.41, 5.74) is 0. The highest BCUT2D eigenvalue weighted by molar-refractivity contribution is 4.69. The summed E-state index contributed by atoms with van der Waals surface area (Å²) in [5, 5.41) is 6.46. The van der Waals surface area contributed by atoms with Gasteiger partial charge in [0.2, 0.25) is 0 Å². The van der Waals surface area contributed by atoms with Crippen LogP contribution >= 0.6 is 0 Å². The van der Waals surface area contributed by atoms with Gasteiger partial charge in [0, 0.05) is 26.3 Å². The summed E-state index contributed by atoms with van der Waals surface area (Å²) in [5.74, 6) is 0. The molecule has 0 aromatic rings. The van der Waals surface area contributed by atoms with E-state index in [1.165, 1.54) is 0 Å². The third-order valence-corrected chi connectivity index (χ3v) is 1.86. The smallest absolute Gasteiger partial charge is 0.0478 e. The first-order valence-corrected chi connectivity index (χ1v) is 5.62. The Kier molecular flexibility index (Phi) is 12.8. The molecule has 0 rings (SSSR count). The van der Waals surface area contributed by atoms with Gasteiger partial charge in [-0.25, -0.2) is 0 Å². The van der Waals surface area contributed by atoms with Gasteiger partial charge < -0.3 is 15.4 Å². The van der Waals surface area contributed by atoms with E-state index < -0.39 is 0 Å². The van der Waals surface area contributed by atoms with E-state index in [1.807, 2.05) is 12.2 Å². The second-order valence-corrected chi connectivity index (χ2v) is 3.31. The molecule has 3 nitrogen and oxygen atoms in total. The maximum absolute atomic E-state index is 5.46. The van der Waals surface area contributed by atoms with Gasteiger partial charge in [-0.3, -0.25) is 0 Å². The Morgan fingerprint density at radius 2 is 1.33 bits per heavy atom. The van der Waals surface area contributed by atoms with Gasteiger partial charge in [-0.15, -0.1) is 13.2 Å². The molecule has 0 heterocycles. The average Bonchev–Trinajstić information content (AvgIpc) is 2.26. The Bertz CT molecular complexity index is 133. The number of hydrogen-bond donors (Lipinski definition) is 2. The topological polar surface area (TPSA) is 33.3 Å². The summed E-state index contributed by atoms with van der Waals surface area (Å²) < 4.78 is 5.46. The van der Waals surface area contributed by atoms with Crippen LogP contribution in [0.2, 0.25) is 0 Å². The molecule has 15 heavy (non-hydrogen) atoms. The quantitative estimate of drug-likeness (QED) is 0.378. The summed E-state index contributed by atoms with van der Waals surface area (Å²) in [6, 6.07) is 0. The molecule has 0 aromatic heterocycles. The van der Waals surface area contributed by atoms with Crippen molar-refractivity contribution in [3.8, 4) is 0 Å². The first-order chi connectivity index (χ1) is 7.41. The van der Waals surface area contributed by atoms with Crippen LogP contribution in [-0.2, 0) is 4.74 Å². The molecule has 0 bridgehead atoms. The molecule has 3 heteroatoms. The monoisotopic (exact) mass is 212 g/mol. The molecule has 0 saturated carbocycles. The van der Waals surface area contributed by atoms with Crippen LogP contribution in [0.25, 0.3) is 0 Å². The third kappa shape index (κ3) is 13.4. The Labute approximate surface area is 93.6 Å². The average molecular weight is 212 g/mol. The summed E-state index contributed by atoms with van der Waals surface area (Å²) in [6.45, 7) is 12.7. The van der Waals surface area contributed by atoms with Crippen LogP contribution in [0.1, 0.15) is 12.8 Å². The molecule has 0 amide bonds. The fourth-order valence-electron chi connectivity index (χ4n) is 1.11. The minimum absolute atomic E-state index is 0.839. The second kappa shape index (κ2) is 13.4. The van der Waals surface area contributed by atoms with Gasteiger partial charge in [0.05, 0.1) is 0 Å². The summed E-state index contributed by atoms with van der Waals surface area (Å²) >= 11 is 0. The fourth-order valence-corrected chi connectivity index (χ4v) is 1.11. The van der Waals surface area contributed by atoms with E-state index >= 15 is 0 Å². The van der Waals surface area contributed by atoms with Gasteiger partial charge in [-0.2, -0.15) is 0 Å². The fraction of sp³-hybridized carbons (Fsp3) is 0.667. The van der Waals surface area contributed by atoms with Crippen molar-refractivity contribution in [3.05, 3.63) is 25.3 Å². The summed E-state index contributed by atoms with van der Waals surface area (Å²) in [4.78, 5) is 0. The molecule has 0 aromatic carbocycles. The molecule has 0 radical (unpaired) electrons. The van der Waals surface area contributed by atoms with Gasteiger partial charge in [0.25, 0.3) is 0 Å². The van der Waals surface area contributed by atoms with E-state index in [4.69, 9.17) is 4.74 Å². The number of hydrogen-bond acceptors (Lipinski definition) is 3. The van der Waals surface area contributed by atoms with E-state index in [0.717, 1.165) is 52.2 Å². The Morgan fingerprint density at radius 3 is 1.73 bits per heavy atom. The van der Waals surface area contributed by atoms with Crippen LogP contribution < -0.4 is 10.6 Å². The highest BCUT2D eigenvalue weighted by Gasteiger charge is 1.89. The standard InChI is InChI=1S/C12H24N2O/c1-3-7-13-9-5-11-15-12-6-10-14-8-4-2/h3-4,13-14H,1-2,5-12H2. The van der Waals surface area contributed by atoms with E-state index in [1.54, 1.807) is 0 Å². The van der Waals surface area contributed by atoms with Crippen molar-refractivity contribution in [3.63, 3.8) is 0 Å². The van der Waals surface area contributed by atoms with Crippen molar-refractivity contribution in [1.82, 2.24) is 10.6 Å². The molecule has 0 fully saturated rings. The van der Waals surface area contributed by atoms with Crippen LogP contribution in [0, 0.1) is 0 Å². The zero-order chi connectivity index (χ0) is 11.2. The maximum atomic E-state index is 5.46. The van der Waals surface area contributed by atoms with Crippen molar-refractivity contribution in [2.45, 2.75) is 12.8 Å². The number of nitrogens with one attached hydrogen (secondary N) is 2. The van der Waals surface area contributed by atoms with E-state index in [2.05, 4.69) is 23.8 Å². The van der Waals surface area contributed by atoms with Crippen LogP contribution in [0.15, 0.2) is 25.3 Å². The summed E-state index contributed by atoms with van der Waals surface area (Å²) in [7, 11) is 0. The van der Waals surface area contributed by atoms with E-state index in [9.17, 15) is 0 Å². The van der Waals surface area contributed by atoms with Crippen molar-refractivity contribution in [2.75, 3.05) is 39.4 Å². The Morgan fingerprint density at radius 1 is 0.867 bits per heavy atom. The third-order valence-electron chi connectivity index (χ3n) is 1.86. The van der Waals surface area contributed by atoms with Gasteiger partial charge >= 0.3 is 0 Å².